The molecule has 2 aliphatic rings. The second kappa shape index (κ2) is 3.74. The predicted octanol–water partition coefficient (Wildman–Crippen LogP) is 2.01. The largest absolute Gasteiger partial charge is 0.380 e. The van der Waals surface area contributed by atoms with Gasteiger partial charge in [-0.15, -0.1) is 0 Å². The summed E-state index contributed by atoms with van der Waals surface area (Å²) in [7, 11) is 0. The third kappa shape index (κ3) is 1.69. The highest BCUT2D eigenvalue weighted by Crippen LogP contribution is 2.39. The number of nitrogens with zero attached hydrogens (tertiary/aromatic N) is 2. The second-order valence-corrected chi connectivity index (χ2v) is 5.14. The summed E-state index contributed by atoms with van der Waals surface area (Å²) in [6.07, 6.45) is 4.52. The van der Waals surface area contributed by atoms with Crippen molar-refractivity contribution in [1.29, 1.82) is 0 Å². The lowest BCUT2D eigenvalue weighted by atomic mass is 9.77. The Morgan fingerprint density at radius 1 is 1.25 bits per heavy atom. The van der Waals surface area contributed by atoms with Gasteiger partial charge < -0.3 is 9.64 Å². The normalized spacial score (nSPS) is 23.2. The summed E-state index contributed by atoms with van der Waals surface area (Å²) < 4.78 is 5.34. The molecule has 0 bridgehead atoms. The van der Waals surface area contributed by atoms with Crippen LogP contribution in [0.15, 0.2) is 18.3 Å². The van der Waals surface area contributed by atoms with Gasteiger partial charge in [-0.25, -0.2) is 0 Å². The lowest BCUT2D eigenvalue weighted by Crippen LogP contribution is -2.50. The summed E-state index contributed by atoms with van der Waals surface area (Å²) in [6.45, 7) is 6.28. The number of piperidine rings is 1. The fraction of sp³-hybridized carbons (Fsp3) is 0.615. The van der Waals surface area contributed by atoms with Crippen LogP contribution in [-0.4, -0.2) is 31.3 Å². The average Bonchev–Trinajstić information content (AvgIpc) is 2.28. The SMILES string of the molecule is Cc1ccc(N2CCC3(CC2)COC3)cn1. The number of ether oxygens (including phenoxy) is 1. The van der Waals surface area contributed by atoms with Gasteiger partial charge in [-0.1, -0.05) is 0 Å². The summed E-state index contributed by atoms with van der Waals surface area (Å²) in [6, 6.07) is 4.27. The van der Waals surface area contributed by atoms with Gasteiger partial charge in [-0.05, 0) is 31.9 Å². The van der Waals surface area contributed by atoms with E-state index in [4.69, 9.17) is 4.74 Å². The Balaban J connectivity index is 1.67. The maximum absolute atomic E-state index is 5.34. The molecule has 0 aliphatic carbocycles. The molecular formula is C13H18N2O. The van der Waals surface area contributed by atoms with E-state index in [1.165, 1.54) is 18.5 Å². The molecule has 3 heteroatoms. The van der Waals surface area contributed by atoms with Crippen molar-refractivity contribution in [2.45, 2.75) is 19.8 Å². The zero-order valence-electron chi connectivity index (χ0n) is 9.78. The molecule has 1 aromatic heterocycles. The van der Waals surface area contributed by atoms with Crippen LogP contribution in [0, 0.1) is 12.3 Å². The topological polar surface area (TPSA) is 25.4 Å². The Hall–Kier alpha value is -1.09. The average molecular weight is 218 g/mol. The van der Waals surface area contributed by atoms with E-state index in [0.717, 1.165) is 32.0 Å². The number of aryl methyl sites for hydroxylation is 1. The molecule has 2 aliphatic heterocycles. The molecule has 0 unspecified atom stereocenters. The highest BCUT2D eigenvalue weighted by Gasteiger charge is 2.41. The third-order valence-electron chi connectivity index (χ3n) is 3.90. The number of hydrogen-bond acceptors (Lipinski definition) is 3. The van der Waals surface area contributed by atoms with Gasteiger partial charge >= 0.3 is 0 Å². The van der Waals surface area contributed by atoms with Gasteiger partial charge in [-0.2, -0.15) is 0 Å². The van der Waals surface area contributed by atoms with Crippen molar-refractivity contribution in [2.75, 3.05) is 31.2 Å². The summed E-state index contributed by atoms with van der Waals surface area (Å²) >= 11 is 0. The first kappa shape index (κ1) is 10.1. The molecule has 0 aromatic carbocycles. The fourth-order valence-electron chi connectivity index (χ4n) is 2.57. The molecule has 0 saturated carbocycles. The van der Waals surface area contributed by atoms with Gasteiger partial charge in [0.15, 0.2) is 0 Å². The Labute approximate surface area is 96.4 Å². The van der Waals surface area contributed by atoms with Crippen LogP contribution in [0.2, 0.25) is 0 Å². The molecule has 0 N–H and O–H groups in total. The molecule has 2 saturated heterocycles. The Bertz CT molecular complexity index is 360. The van der Waals surface area contributed by atoms with Crippen molar-refractivity contribution in [3.05, 3.63) is 24.0 Å². The minimum Gasteiger partial charge on any atom is -0.380 e. The molecule has 0 radical (unpaired) electrons. The molecule has 0 atom stereocenters. The van der Waals surface area contributed by atoms with E-state index in [1.807, 2.05) is 13.1 Å². The fourth-order valence-corrected chi connectivity index (χ4v) is 2.57. The quantitative estimate of drug-likeness (QED) is 0.721. The number of pyridine rings is 1. The second-order valence-electron chi connectivity index (χ2n) is 5.14. The minimum absolute atomic E-state index is 0.522. The van der Waals surface area contributed by atoms with E-state index in [2.05, 4.69) is 22.0 Å². The molecule has 2 fully saturated rings. The first-order chi connectivity index (χ1) is 7.77. The third-order valence-corrected chi connectivity index (χ3v) is 3.90. The number of rotatable bonds is 1. The first-order valence-electron chi connectivity index (χ1n) is 6.03. The zero-order valence-corrected chi connectivity index (χ0v) is 9.78. The summed E-state index contributed by atoms with van der Waals surface area (Å²) in [4.78, 5) is 6.80. The monoisotopic (exact) mass is 218 g/mol. The molecule has 86 valence electrons. The van der Waals surface area contributed by atoms with Crippen molar-refractivity contribution in [2.24, 2.45) is 5.41 Å². The maximum atomic E-state index is 5.34. The van der Waals surface area contributed by atoms with Crippen LogP contribution in [-0.2, 0) is 4.74 Å². The Morgan fingerprint density at radius 2 is 2.00 bits per heavy atom. The van der Waals surface area contributed by atoms with Crippen LogP contribution in [0.4, 0.5) is 5.69 Å². The summed E-state index contributed by atoms with van der Waals surface area (Å²) in [5, 5.41) is 0. The van der Waals surface area contributed by atoms with E-state index in [1.54, 1.807) is 0 Å². The van der Waals surface area contributed by atoms with Gasteiger partial charge in [0.25, 0.3) is 0 Å². The van der Waals surface area contributed by atoms with Crippen molar-refractivity contribution >= 4 is 5.69 Å². The lowest BCUT2D eigenvalue weighted by molar-refractivity contribution is -0.124. The number of anilines is 1. The first-order valence-corrected chi connectivity index (χ1v) is 6.03. The van der Waals surface area contributed by atoms with Gasteiger partial charge in [0, 0.05) is 24.2 Å². The van der Waals surface area contributed by atoms with Crippen LogP contribution in [0.25, 0.3) is 0 Å². The van der Waals surface area contributed by atoms with Gasteiger partial charge in [-0.3, -0.25) is 4.98 Å². The molecule has 3 nitrogen and oxygen atoms in total. The van der Waals surface area contributed by atoms with Crippen molar-refractivity contribution < 1.29 is 4.74 Å². The molecule has 0 amide bonds. The Kier molecular flexibility index (Phi) is 2.36. The van der Waals surface area contributed by atoms with E-state index >= 15 is 0 Å². The van der Waals surface area contributed by atoms with Gasteiger partial charge in [0.1, 0.15) is 0 Å². The van der Waals surface area contributed by atoms with Crippen molar-refractivity contribution in [3.63, 3.8) is 0 Å². The standard InChI is InChI=1S/C13H18N2O/c1-11-2-3-12(8-14-11)15-6-4-13(5-7-15)9-16-10-13/h2-3,8H,4-7,9-10H2,1H3. The summed E-state index contributed by atoms with van der Waals surface area (Å²) in [5.41, 5.74) is 2.87. The van der Waals surface area contributed by atoms with Crippen molar-refractivity contribution in [1.82, 2.24) is 4.98 Å². The molecule has 3 heterocycles. The van der Waals surface area contributed by atoms with Crippen LogP contribution < -0.4 is 4.90 Å². The van der Waals surface area contributed by atoms with E-state index in [0.29, 0.717) is 5.41 Å². The maximum Gasteiger partial charge on any atom is 0.0552 e. The molecule has 1 aromatic rings. The van der Waals surface area contributed by atoms with Crippen molar-refractivity contribution in [3.8, 4) is 0 Å². The zero-order chi connectivity index (χ0) is 11.0. The van der Waals surface area contributed by atoms with E-state index in [9.17, 15) is 0 Å². The highest BCUT2D eigenvalue weighted by atomic mass is 16.5. The molecule has 3 rings (SSSR count). The predicted molar refractivity (Wildman–Crippen MR) is 63.7 cm³/mol. The van der Waals surface area contributed by atoms with Crippen LogP contribution in [0.3, 0.4) is 0 Å². The van der Waals surface area contributed by atoms with Gasteiger partial charge in [0.05, 0.1) is 25.1 Å². The molecular weight excluding hydrogens is 200 g/mol. The van der Waals surface area contributed by atoms with E-state index in [-0.39, 0.29) is 0 Å². The highest BCUT2D eigenvalue weighted by molar-refractivity contribution is 5.45. The van der Waals surface area contributed by atoms with Crippen LogP contribution >= 0.6 is 0 Å². The number of aromatic nitrogens is 1. The van der Waals surface area contributed by atoms with Crippen LogP contribution in [0.1, 0.15) is 18.5 Å². The molecule has 1 spiro atoms. The minimum atomic E-state index is 0.522. The van der Waals surface area contributed by atoms with E-state index < -0.39 is 0 Å². The van der Waals surface area contributed by atoms with Gasteiger partial charge in [0.2, 0.25) is 0 Å². The number of hydrogen-bond donors (Lipinski definition) is 0. The summed E-state index contributed by atoms with van der Waals surface area (Å²) in [5.74, 6) is 0. The molecule has 16 heavy (non-hydrogen) atoms. The Morgan fingerprint density at radius 3 is 2.50 bits per heavy atom. The van der Waals surface area contributed by atoms with Crippen LogP contribution in [0.5, 0.6) is 0 Å². The lowest BCUT2D eigenvalue weighted by Gasteiger charge is -2.47. The smallest absolute Gasteiger partial charge is 0.0552 e.